The second-order valence-electron chi connectivity index (χ2n) is 5.20. The molecule has 0 spiro atoms. The monoisotopic (exact) mass is 218 g/mol. The summed E-state index contributed by atoms with van der Waals surface area (Å²) in [5, 5.41) is 0. The standard InChI is InChI=1S/C14H18O2/c1-3-11(15)13-5-8-14(9-6-13,10-7-13)12(16)4-2/h3-4H,1-2,5-10H2. The van der Waals surface area contributed by atoms with Crippen LogP contribution in [0.1, 0.15) is 38.5 Å². The molecule has 0 radical (unpaired) electrons. The Kier molecular flexibility index (Phi) is 2.61. The first kappa shape index (κ1) is 11.3. The molecule has 3 saturated carbocycles. The largest absolute Gasteiger partial charge is 0.294 e. The van der Waals surface area contributed by atoms with Gasteiger partial charge >= 0.3 is 0 Å². The highest BCUT2D eigenvalue weighted by Crippen LogP contribution is 2.57. The normalized spacial score (nSPS) is 36.8. The lowest BCUT2D eigenvalue weighted by Crippen LogP contribution is -2.48. The minimum absolute atomic E-state index is 0.173. The van der Waals surface area contributed by atoms with Crippen LogP contribution < -0.4 is 0 Å². The number of fused-ring (bicyclic) bond motifs is 3. The maximum absolute atomic E-state index is 11.9. The number of carbonyl (C=O) groups is 2. The number of carbonyl (C=O) groups excluding carboxylic acids is 2. The highest BCUT2D eigenvalue weighted by atomic mass is 16.1. The minimum Gasteiger partial charge on any atom is -0.294 e. The molecule has 0 aromatic heterocycles. The summed E-state index contributed by atoms with van der Waals surface area (Å²) in [6, 6.07) is 0. The first-order chi connectivity index (χ1) is 7.58. The fourth-order valence-corrected chi connectivity index (χ4v) is 3.36. The lowest BCUT2D eigenvalue weighted by Gasteiger charge is -2.51. The molecule has 16 heavy (non-hydrogen) atoms. The van der Waals surface area contributed by atoms with Crippen LogP contribution in [-0.2, 0) is 9.59 Å². The Labute approximate surface area is 96.4 Å². The molecular formula is C14H18O2. The van der Waals surface area contributed by atoms with Crippen LogP contribution in [0.2, 0.25) is 0 Å². The van der Waals surface area contributed by atoms with Crippen LogP contribution in [0.15, 0.2) is 25.3 Å². The van der Waals surface area contributed by atoms with Gasteiger partial charge < -0.3 is 0 Å². The average Bonchev–Trinajstić information content (AvgIpc) is 2.38. The Morgan fingerprint density at radius 2 is 1.00 bits per heavy atom. The van der Waals surface area contributed by atoms with E-state index in [-0.39, 0.29) is 22.4 Å². The lowest BCUT2D eigenvalue weighted by atomic mass is 9.51. The van der Waals surface area contributed by atoms with E-state index in [1.165, 1.54) is 12.2 Å². The van der Waals surface area contributed by atoms with Crippen LogP contribution >= 0.6 is 0 Å². The van der Waals surface area contributed by atoms with Gasteiger partial charge in [0.25, 0.3) is 0 Å². The van der Waals surface area contributed by atoms with Gasteiger partial charge in [-0.25, -0.2) is 0 Å². The van der Waals surface area contributed by atoms with Gasteiger partial charge in [0.2, 0.25) is 0 Å². The second kappa shape index (κ2) is 3.69. The van der Waals surface area contributed by atoms with Crippen molar-refractivity contribution in [2.24, 2.45) is 10.8 Å². The van der Waals surface area contributed by atoms with Gasteiger partial charge in [-0.1, -0.05) is 13.2 Å². The quantitative estimate of drug-likeness (QED) is 0.680. The molecular weight excluding hydrogens is 200 g/mol. The van der Waals surface area contributed by atoms with Gasteiger partial charge in [0.15, 0.2) is 11.6 Å². The first-order valence-corrected chi connectivity index (χ1v) is 5.92. The summed E-state index contributed by atoms with van der Waals surface area (Å²) in [6.45, 7) is 7.16. The van der Waals surface area contributed by atoms with Gasteiger partial charge in [-0.05, 0) is 50.7 Å². The maximum Gasteiger partial charge on any atom is 0.161 e. The number of hydrogen-bond acceptors (Lipinski definition) is 2. The van der Waals surface area contributed by atoms with Crippen LogP contribution in [0.25, 0.3) is 0 Å². The number of ketones is 2. The average molecular weight is 218 g/mol. The van der Waals surface area contributed by atoms with Crippen molar-refractivity contribution in [2.75, 3.05) is 0 Å². The number of rotatable bonds is 4. The van der Waals surface area contributed by atoms with E-state index in [0.29, 0.717) is 0 Å². The SMILES string of the molecule is C=CC(=O)C12CCC(C(=O)C=C)(CC1)CC2. The molecule has 86 valence electrons. The zero-order valence-electron chi connectivity index (χ0n) is 9.63. The van der Waals surface area contributed by atoms with Crippen molar-refractivity contribution in [3.63, 3.8) is 0 Å². The zero-order valence-corrected chi connectivity index (χ0v) is 9.63. The molecule has 3 aliphatic rings. The molecule has 2 bridgehead atoms. The van der Waals surface area contributed by atoms with E-state index in [1.807, 2.05) is 0 Å². The van der Waals surface area contributed by atoms with Crippen molar-refractivity contribution >= 4 is 11.6 Å². The number of allylic oxidation sites excluding steroid dienone is 2. The summed E-state index contributed by atoms with van der Waals surface area (Å²) in [5.74, 6) is 0.346. The first-order valence-electron chi connectivity index (χ1n) is 5.92. The third-order valence-corrected chi connectivity index (χ3v) is 4.66. The summed E-state index contributed by atoms with van der Waals surface area (Å²) in [4.78, 5) is 23.7. The summed E-state index contributed by atoms with van der Waals surface area (Å²) < 4.78 is 0. The smallest absolute Gasteiger partial charge is 0.161 e. The Morgan fingerprint density at radius 1 is 0.750 bits per heavy atom. The molecule has 0 aromatic carbocycles. The maximum atomic E-state index is 11.9. The van der Waals surface area contributed by atoms with Gasteiger partial charge in [-0.2, -0.15) is 0 Å². The molecule has 3 aliphatic carbocycles. The van der Waals surface area contributed by atoms with Gasteiger partial charge in [0.05, 0.1) is 0 Å². The molecule has 3 rings (SSSR count). The van der Waals surface area contributed by atoms with E-state index >= 15 is 0 Å². The van der Waals surface area contributed by atoms with Crippen molar-refractivity contribution in [3.05, 3.63) is 25.3 Å². The van der Waals surface area contributed by atoms with Gasteiger partial charge in [-0.15, -0.1) is 0 Å². The molecule has 3 fully saturated rings. The molecule has 0 saturated heterocycles. The van der Waals surface area contributed by atoms with E-state index in [4.69, 9.17) is 0 Å². The topological polar surface area (TPSA) is 34.1 Å². The Bertz CT molecular complexity index is 304. The molecule has 0 unspecified atom stereocenters. The van der Waals surface area contributed by atoms with E-state index in [9.17, 15) is 9.59 Å². The fraction of sp³-hybridized carbons (Fsp3) is 0.571. The summed E-state index contributed by atoms with van der Waals surface area (Å²) >= 11 is 0. The zero-order chi connectivity index (χ0) is 11.8. The third-order valence-electron chi connectivity index (χ3n) is 4.66. The molecule has 0 N–H and O–H groups in total. The van der Waals surface area contributed by atoms with Crippen LogP contribution in [0.5, 0.6) is 0 Å². The highest BCUT2D eigenvalue weighted by Gasteiger charge is 2.53. The predicted molar refractivity (Wildman–Crippen MR) is 63.0 cm³/mol. The number of hydrogen-bond donors (Lipinski definition) is 0. The molecule has 0 aromatic rings. The fourth-order valence-electron chi connectivity index (χ4n) is 3.36. The molecule has 0 atom stereocenters. The van der Waals surface area contributed by atoms with Crippen LogP contribution in [-0.4, -0.2) is 11.6 Å². The van der Waals surface area contributed by atoms with Gasteiger partial charge in [0, 0.05) is 10.8 Å². The van der Waals surface area contributed by atoms with Crippen LogP contribution in [0.3, 0.4) is 0 Å². The van der Waals surface area contributed by atoms with Gasteiger partial charge in [-0.3, -0.25) is 9.59 Å². The summed E-state index contributed by atoms with van der Waals surface area (Å²) in [5.41, 5.74) is -0.379. The second-order valence-corrected chi connectivity index (χ2v) is 5.20. The van der Waals surface area contributed by atoms with Crippen molar-refractivity contribution in [3.8, 4) is 0 Å². The third kappa shape index (κ3) is 1.40. The van der Waals surface area contributed by atoms with Crippen molar-refractivity contribution < 1.29 is 9.59 Å². The lowest BCUT2D eigenvalue weighted by molar-refractivity contribution is -0.142. The van der Waals surface area contributed by atoms with E-state index in [0.717, 1.165) is 38.5 Å². The molecule has 0 heterocycles. The van der Waals surface area contributed by atoms with E-state index in [1.54, 1.807) is 0 Å². The van der Waals surface area contributed by atoms with E-state index in [2.05, 4.69) is 13.2 Å². The molecule has 0 aliphatic heterocycles. The molecule has 0 amide bonds. The van der Waals surface area contributed by atoms with Crippen molar-refractivity contribution in [2.45, 2.75) is 38.5 Å². The molecule has 2 heteroatoms. The van der Waals surface area contributed by atoms with E-state index < -0.39 is 0 Å². The van der Waals surface area contributed by atoms with Crippen molar-refractivity contribution in [1.82, 2.24) is 0 Å². The Balaban J connectivity index is 2.20. The van der Waals surface area contributed by atoms with Gasteiger partial charge in [0.1, 0.15) is 0 Å². The summed E-state index contributed by atoms with van der Waals surface area (Å²) in [7, 11) is 0. The highest BCUT2D eigenvalue weighted by molar-refractivity contribution is 5.97. The Morgan fingerprint density at radius 3 is 1.19 bits per heavy atom. The summed E-state index contributed by atoms with van der Waals surface area (Å²) in [6.07, 6.45) is 7.97. The van der Waals surface area contributed by atoms with Crippen LogP contribution in [0, 0.1) is 10.8 Å². The molecule has 2 nitrogen and oxygen atoms in total. The van der Waals surface area contributed by atoms with Crippen molar-refractivity contribution in [1.29, 1.82) is 0 Å². The van der Waals surface area contributed by atoms with Crippen LogP contribution in [0.4, 0.5) is 0 Å². The minimum atomic E-state index is -0.190. The predicted octanol–water partition coefficient (Wildman–Crippen LogP) is 2.84. The Hall–Kier alpha value is -1.18.